The highest BCUT2D eigenvalue weighted by Gasteiger charge is 2.14. The van der Waals surface area contributed by atoms with Crippen molar-refractivity contribution in [3.63, 3.8) is 0 Å². The standard InChI is InChI=1S/C20H17ClN4O4/c1-11-15(12(2)23-20(28)16(11)8-22)4-6-19(27)29-10-14-7-18(26)25-9-13(21)3-5-17(25)24-14/h3,5,7,9H,4,6,10H2,1-2H3,(H,23,28). The number of aryl methyl sites for hydroxylation is 1. The summed E-state index contributed by atoms with van der Waals surface area (Å²) < 4.78 is 6.53. The monoisotopic (exact) mass is 412 g/mol. The van der Waals surface area contributed by atoms with Gasteiger partial charge in [0.2, 0.25) is 0 Å². The number of carbonyl (C=O) groups is 1. The molecule has 0 aromatic carbocycles. The van der Waals surface area contributed by atoms with Gasteiger partial charge in [0, 0.05) is 24.4 Å². The molecule has 0 spiro atoms. The van der Waals surface area contributed by atoms with Crippen molar-refractivity contribution in [2.45, 2.75) is 33.3 Å². The smallest absolute Gasteiger partial charge is 0.306 e. The summed E-state index contributed by atoms with van der Waals surface area (Å²) in [6.07, 6.45) is 1.83. The van der Waals surface area contributed by atoms with Crippen LogP contribution in [0.4, 0.5) is 0 Å². The Morgan fingerprint density at radius 3 is 2.83 bits per heavy atom. The van der Waals surface area contributed by atoms with Crippen LogP contribution in [-0.4, -0.2) is 20.3 Å². The largest absolute Gasteiger partial charge is 0.459 e. The molecule has 29 heavy (non-hydrogen) atoms. The third-order valence-electron chi connectivity index (χ3n) is 4.56. The molecule has 0 atom stereocenters. The van der Waals surface area contributed by atoms with Gasteiger partial charge in [-0.3, -0.25) is 18.8 Å². The molecular weight excluding hydrogens is 396 g/mol. The molecule has 3 aromatic heterocycles. The molecule has 0 aliphatic rings. The Balaban J connectivity index is 1.68. The lowest BCUT2D eigenvalue weighted by Crippen LogP contribution is -2.18. The van der Waals surface area contributed by atoms with Crippen molar-refractivity contribution in [2.24, 2.45) is 0 Å². The maximum Gasteiger partial charge on any atom is 0.306 e. The SMILES string of the molecule is Cc1[nH]c(=O)c(C#N)c(C)c1CCC(=O)OCc1cc(=O)n2cc(Cl)ccc2n1. The van der Waals surface area contributed by atoms with Crippen LogP contribution < -0.4 is 11.1 Å². The van der Waals surface area contributed by atoms with Gasteiger partial charge in [0.05, 0.1) is 10.7 Å². The first-order valence-corrected chi connectivity index (χ1v) is 9.14. The fourth-order valence-corrected chi connectivity index (χ4v) is 3.23. The predicted molar refractivity (Wildman–Crippen MR) is 106 cm³/mol. The number of rotatable bonds is 5. The van der Waals surface area contributed by atoms with Gasteiger partial charge in [0.25, 0.3) is 11.1 Å². The summed E-state index contributed by atoms with van der Waals surface area (Å²) in [7, 11) is 0. The summed E-state index contributed by atoms with van der Waals surface area (Å²) >= 11 is 5.87. The summed E-state index contributed by atoms with van der Waals surface area (Å²) in [5, 5.41) is 9.52. The predicted octanol–water partition coefficient (Wildman–Crippen LogP) is 2.20. The molecule has 3 aromatic rings. The highest BCUT2D eigenvalue weighted by molar-refractivity contribution is 6.30. The molecule has 0 bridgehead atoms. The molecule has 3 heterocycles. The molecule has 148 valence electrons. The molecule has 8 nitrogen and oxygen atoms in total. The van der Waals surface area contributed by atoms with Crippen molar-refractivity contribution in [3.8, 4) is 6.07 Å². The zero-order valence-corrected chi connectivity index (χ0v) is 16.5. The van der Waals surface area contributed by atoms with Crippen LogP contribution >= 0.6 is 11.6 Å². The first-order valence-electron chi connectivity index (χ1n) is 8.76. The topological polar surface area (TPSA) is 117 Å². The number of H-pyrrole nitrogens is 1. The van der Waals surface area contributed by atoms with Crippen molar-refractivity contribution in [3.05, 3.63) is 78.2 Å². The van der Waals surface area contributed by atoms with Crippen LogP contribution in [0.5, 0.6) is 0 Å². The van der Waals surface area contributed by atoms with E-state index in [4.69, 9.17) is 21.6 Å². The van der Waals surface area contributed by atoms with Gasteiger partial charge in [-0.2, -0.15) is 5.26 Å². The first kappa shape index (κ1) is 20.3. The number of esters is 1. The Labute approximate surface area is 170 Å². The molecule has 0 aliphatic heterocycles. The van der Waals surface area contributed by atoms with Crippen LogP contribution in [0.3, 0.4) is 0 Å². The summed E-state index contributed by atoms with van der Waals surface area (Å²) in [5.41, 5.74) is 1.91. The van der Waals surface area contributed by atoms with Crippen molar-refractivity contribution in [1.29, 1.82) is 5.26 Å². The molecule has 0 radical (unpaired) electrons. The Morgan fingerprint density at radius 2 is 2.10 bits per heavy atom. The van der Waals surface area contributed by atoms with E-state index in [1.54, 1.807) is 26.0 Å². The van der Waals surface area contributed by atoms with Crippen molar-refractivity contribution in [1.82, 2.24) is 14.4 Å². The lowest BCUT2D eigenvalue weighted by Gasteiger charge is -2.11. The van der Waals surface area contributed by atoms with Crippen LogP contribution in [0.2, 0.25) is 5.02 Å². The third-order valence-corrected chi connectivity index (χ3v) is 4.78. The van der Waals surface area contributed by atoms with E-state index >= 15 is 0 Å². The fraction of sp³-hybridized carbons (Fsp3) is 0.250. The Bertz CT molecular complexity index is 1270. The fourth-order valence-electron chi connectivity index (χ4n) is 3.07. The number of fused-ring (bicyclic) bond motifs is 1. The van der Waals surface area contributed by atoms with Crippen molar-refractivity contribution < 1.29 is 9.53 Å². The molecular formula is C20H17ClN4O4. The van der Waals surface area contributed by atoms with Gasteiger partial charge in [0.1, 0.15) is 23.9 Å². The number of aromatic nitrogens is 3. The number of pyridine rings is 2. The summed E-state index contributed by atoms with van der Waals surface area (Å²) in [4.78, 5) is 42.9. The van der Waals surface area contributed by atoms with Gasteiger partial charge in [-0.25, -0.2) is 4.98 Å². The van der Waals surface area contributed by atoms with Crippen molar-refractivity contribution >= 4 is 23.2 Å². The molecule has 0 aliphatic carbocycles. The molecule has 0 unspecified atom stereocenters. The zero-order chi connectivity index (χ0) is 21.1. The van der Waals surface area contributed by atoms with E-state index in [2.05, 4.69) is 9.97 Å². The number of hydrogen-bond acceptors (Lipinski definition) is 6. The van der Waals surface area contributed by atoms with Gasteiger partial charge in [-0.05, 0) is 43.5 Å². The minimum atomic E-state index is -0.480. The lowest BCUT2D eigenvalue weighted by atomic mass is 9.99. The van der Waals surface area contributed by atoms with Gasteiger partial charge in [0.15, 0.2) is 0 Å². The molecule has 0 amide bonds. The van der Waals surface area contributed by atoms with Gasteiger partial charge >= 0.3 is 5.97 Å². The number of carbonyl (C=O) groups excluding carboxylic acids is 1. The van der Waals surface area contributed by atoms with Crippen molar-refractivity contribution in [2.75, 3.05) is 0 Å². The van der Waals surface area contributed by atoms with E-state index in [-0.39, 0.29) is 24.2 Å². The number of nitrogens with one attached hydrogen (secondary N) is 1. The second kappa shape index (κ2) is 8.29. The number of ether oxygens (including phenoxy) is 1. The second-order valence-corrected chi connectivity index (χ2v) is 6.93. The van der Waals surface area contributed by atoms with E-state index in [1.165, 1.54) is 16.7 Å². The van der Waals surface area contributed by atoms with Crippen LogP contribution in [-0.2, 0) is 22.6 Å². The van der Waals surface area contributed by atoms with E-state index in [1.807, 2.05) is 6.07 Å². The molecule has 0 saturated heterocycles. The molecule has 0 saturated carbocycles. The molecule has 9 heteroatoms. The average Bonchev–Trinajstić information content (AvgIpc) is 2.67. The minimum absolute atomic E-state index is 0.0416. The van der Waals surface area contributed by atoms with E-state index in [0.717, 1.165) is 5.56 Å². The first-order chi connectivity index (χ1) is 13.8. The normalized spacial score (nSPS) is 10.7. The highest BCUT2D eigenvalue weighted by Crippen LogP contribution is 2.15. The molecule has 0 fully saturated rings. The van der Waals surface area contributed by atoms with Crippen LogP contribution in [0.25, 0.3) is 5.65 Å². The Kier molecular flexibility index (Phi) is 5.80. The van der Waals surface area contributed by atoms with Gasteiger partial charge in [-0.15, -0.1) is 0 Å². The van der Waals surface area contributed by atoms with Crippen LogP contribution in [0.1, 0.15) is 34.5 Å². The number of nitriles is 1. The van der Waals surface area contributed by atoms with Gasteiger partial charge < -0.3 is 9.72 Å². The number of halogens is 1. The zero-order valence-electron chi connectivity index (χ0n) is 15.8. The highest BCUT2D eigenvalue weighted by atomic mass is 35.5. The van der Waals surface area contributed by atoms with Gasteiger partial charge in [-0.1, -0.05) is 11.6 Å². The maximum absolute atomic E-state index is 12.1. The molecule has 1 N–H and O–H groups in total. The number of nitrogens with zero attached hydrogens (tertiary/aromatic N) is 3. The van der Waals surface area contributed by atoms with E-state index < -0.39 is 11.5 Å². The average molecular weight is 413 g/mol. The third kappa shape index (κ3) is 4.36. The minimum Gasteiger partial charge on any atom is -0.459 e. The maximum atomic E-state index is 12.1. The number of hydrogen-bond donors (Lipinski definition) is 1. The quantitative estimate of drug-likeness (QED) is 0.642. The summed E-state index contributed by atoms with van der Waals surface area (Å²) in [5.74, 6) is -0.480. The number of aromatic amines is 1. The van der Waals surface area contributed by atoms with E-state index in [9.17, 15) is 14.4 Å². The summed E-state index contributed by atoms with van der Waals surface area (Å²) in [6.45, 7) is 3.26. The molecule has 3 rings (SSSR count). The second-order valence-electron chi connectivity index (χ2n) is 6.49. The summed E-state index contributed by atoms with van der Waals surface area (Å²) in [6, 6.07) is 6.38. The lowest BCUT2D eigenvalue weighted by molar-refractivity contribution is -0.145. The van der Waals surface area contributed by atoms with Crippen LogP contribution in [0.15, 0.2) is 34.0 Å². The Morgan fingerprint density at radius 1 is 1.34 bits per heavy atom. The van der Waals surface area contributed by atoms with E-state index in [0.29, 0.717) is 34.0 Å². The Hall–Kier alpha value is -3.44. The van der Waals surface area contributed by atoms with Crippen LogP contribution in [0, 0.1) is 25.2 Å².